The maximum atomic E-state index is 12.4. The van der Waals surface area contributed by atoms with Crippen LogP contribution in [0.5, 0.6) is 0 Å². The molecule has 0 spiro atoms. The fraction of sp³-hybridized carbons (Fsp3) is 0.0714. The third-order valence-corrected chi connectivity index (χ3v) is 4.47. The molecule has 118 valence electrons. The Labute approximate surface area is 150 Å². The lowest BCUT2D eigenvalue weighted by Crippen LogP contribution is -2.18. The average molecular weight is 415 g/mol. The molecule has 9 heteroatoms. The molecular weight excluding hydrogens is 405 g/mol. The third-order valence-electron chi connectivity index (χ3n) is 3.16. The van der Waals surface area contributed by atoms with Crippen LogP contribution in [0.3, 0.4) is 0 Å². The normalized spacial score (nSPS) is 10.8. The molecule has 3 rings (SSSR count). The Hall–Kier alpha value is -1.83. The predicted molar refractivity (Wildman–Crippen MR) is 92.4 cm³/mol. The van der Waals surface area contributed by atoms with Gasteiger partial charge in [-0.25, -0.2) is 4.98 Å². The number of nitrogens with one attached hydrogen (secondary N) is 1. The van der Waals surface area contributed by atoms with Gasteiger partial charge in [-0.3, -0.25) is 4.79 Å². The van der Waals surface area contributed by atoms with Crippen LogP contribution in [0.25, 0.3) is 5.82 Å². The van der Waals surface area contributed by atoms with Gasteiger partial charge in [-0.2, -0.15) is 9.78 Å². The zero-order valence-electron chi connectivity index (χ0n) is 11.8. The Morgan fingerprint density at radius 2 is 2.09 bits per heavy atom. The molecule has 0 unspecified atom stereocenters. The Morgan fingerprint density at radius 1 is 1.30 bits per heavy atom. The molecule has 0 fully saturated rings. The molecule has 0 radical (unpaired) electrons. The number of halogens is 3. The van der Waals surface area contributed by atoms with E-state index in [0.29, 0.717) is 27.5 Å². The highest BCUT2D eigenvalue weighted by atomic mass is 79.9. The molecule has 0 atom stereocenters. The SMILES string of the molecule is Cn1c(C(=O)Nc2ccnn2-c2ccc(Br)cn2)cc(Cl)c1Cl. The van der Waals surface area contributed by atoms with E-state index in [1.165, 1.54) is 15.3 Å². The highest BCUT2D eigenvalue weighted by Crippen LogP contribution is 2.26. The fourth-order valence-corrected chi connectivity index (χ4v) is 2.62. The summed E-state index contributed by atoms with van der Waals surface area (Å²) in [6.07, 6.45) is 3.23. The number of carbonyl (C=O) groups excluding carboxylic acids is 1. The lowest BCUT2D eigenvalue weighted by molar-refractivity contribution is 0.101. The van der Waals surface area contributed by atoms with Crippen LogP contribution in [0, 0.1) is 0 Å². The van der Waals surface area contributed by atoms with Crippen molar-refractivity contribution in [1.29, 1.82) is 0 Å². The van der Waals surface area contributed by atoms with Crippen LogP contribution in [-0.2, 0) is 7.05 Å². The minimum absolute atomic E-state index is 0.305. The summed E-state index contributed by atoms with van der Waals surface area (Å²) in [5.41, 5.74) is 0.344. The molecule has 0 bridgehead atoms. The van der Waals surface area contributed by atoms with E-state index in [4.69, 9.17) is 23.2 Å². The van der Waals surface area contributed by atoms with Gasteiger partial charge in [-0.15, -0.1) is 0 Å². The first-order valence-electron chi connectivity index (χ1n) is 6.45. The van der Waals surface area contributed by atoms with Crippen LogP contribution < -0.4 is 5.32 Å². The van der Waals surface area contributed by atoms with E-state index in [0.717, 1.165) is 4.47 Å². The maximum Gasteiger partial charge on any atom is 0.273 e. The summed E-state index contributed by atoms with van der Waals surface area (Å²) in [6.45, 7) is 0. The number of pyridine rings is 1. The van der Waals surface area contributed by atoms with Crippen LogP contribution in [-0.4, -0.2) is 25.2 Å². The summed E-state index contributed by atoms with van der Waals surface area (Å²) >= 11 is 15.2. The van der Waals surface area contributed by atoms with Crippen molar-refractivity contribution in [3.8, 4) is 5.82 Å². The number of hydrogen-bond donors (Lipinski definition) is 1. The van der Waals surface area contributed by atoms with Crippen LogP contribution in [0.15, 0.2) is 41.1 Å². The Kier molecular flexibility index (Phi) is 4.43. The van der Waals surface area contributed by atoms with E-state index in [-0.39, 0.29) is 5.91 Å². The summed E-state index contributed by atoms with van der Waals surface area (Å²) in [7, 11) is 1.66. The second kappa shape index (κ2) is 6.35. The molecule has 0 aliphatic carbocycles. The van der Waals surface area contributed by atoms with Crippen molar-refractivity contribution in [1.82, 2.24) is 19.3 Å². The van der Waals surface area contributed by atoms with Gasteiger partial charge in [-0.1, -0.05) is 23.2 Å². The van der Waals surface area contributed by atoms with E-state index in [1.54, 1.807) is 31.6 Å². The zero-order valence-corrected chi connectivity index (χ0v) is 14.9. The molecule has 0 saturated heterocycles. The van der Waals surface area contributed by atoms with Crippen LogP contribution in [0.4, 0.5) is 5.82 Å². The van der Waals surface area contributed by atoms with Crippen molar-refractivity contribution < 1.29 is 4.79 Å². The van der Waals surface area contributed by atoms with E-state index in [1.807, 2.05) is 6.07 Å². The number of amides is 1. The molecule has 0 aromatic carbocycles. The van der Waals surface area contributed by atoms with Gasteiger partial charge < -0.3 is 9.88 Å². The Bertz CT molecular complexity index is 872. The van der Waals surface area contributed by atoms with Gasteiger partial charge in [0.1, 0.15) is 16.7 Å². The number of anilines is 1. The van der Waals surface area contributed by atoms with Crippen LogP contribution >= 0.6 is 39.1 Å². The Morgan fingerprint density at radius 3 is 2.70 bits per heavy atom. The van der Waals surface area contributed by atoms with Crippen LogP contribution in [0.1, 0.15) is 10.5 Å². The highest BCUT2D eigenvalue weighted by Gasteiger charge is 2.17. The number of rotatable bonds is 3. The van der Waals surface area contributed by atoms with Crippen molar-refractivity contribution >= 4 is 50.9 Å². The highest BCUT2D eigenvalue weighted by molar-refractivity contribution is 9.10. The first kappa shape index (κ1) is 16.0. The summed E-state index contributed by atoms with van der Waals surface area (Å²) in [6, 6.07) is 6.81. The average Bonchev–Trinajstić information content (AvgIpc) is 3.08. The van der Waals surface area contributed by atoms with Crippen molar-refractivity contribution in [2.75, 3.05) is 5.32 Å². The van der Waals surface area contributed by atoms with Crippen molar-refractivity contribution in [3.63, 3.8) is 0 Å². The number of nitrogens with zero attached hydrogens (tertiary/aromatic N) is 4. The molecule has 0 aliphatic heterocycles. The largest absolute Gasteiger partial charge is 0.329 e. The molecule has 1 amide bonds. The minimum atomic E-state index is -0.347. The van der Waals surface area contributed by atoms with Gasteiger partial charge in [0, 0.05) is 23.8 Å². The van der Waals surface area contributed by atoms with Gasteiger partial charge in [0.25, 0.3) is 5.91 Å². The standard InChI is InChI=1S/C14H10BrCl2N5O/c1-21-10(6-9(16)13(21)17)14(23)20-12-4-5-19-22(12)11-3-2-8(15)7-18-11/h2-7H,1H3,(H,20,23). The minimum Gasteiger partial charge on any atom is -0.329 e. The monoisotopic (exact) mass is 413 g/mol. The smallest absolute Gasteiger partial charge is 0.273 e. The lowest BCUT2D eigenvalue weighted by Gasteiger charge is -2.09. The summed E-state index contributed by atoms with van der Waals surface area (Å²) in [4.78, 5) is 16.7. The van der Waals surface area contributed by atoms with Crippen LogP contribution in [0.2, 0.25) is 10.2 Å². The predicted octanol–water partition coefficient (Wildman–Crippen LogP) is 3.93. The first-order valence-corrected chi connectivity index (χ1v) is 8.00. The van der Waals surface area contributed by atoms with Gasteiger partial charge in [0.2, 0.25) is 0 Å². The summed E-state index contributed by atoms with van der Waals surface area (Å²) in [5.74, 6) is 0.717. The van der Waals surface area contributed by atoms with E-state index in [9.17, 15) is 4.79 Å². The van der Waals surface area contributed by atoms with E-state index in [2.05, 4.69) is 31.3 Å². The molecule has 3 aromatic rings. The lowest BCUT2D eigenvalue weighted by atomic mass is 10.4. The summed E-state index contributed by atoms with van der Waals surface area (Å²) < 4.78 is 3.89. The van der Waals surface area contributed by atoms with Gasteiger partial charge in [-0.05, 0) is 34.1 Å². The van der Waals surface area contributed by atoms with Crippen molar-refractivity contribution in [2.24, 2.45) is 7.05 Å². The molecule has 1 N–H and O–H groups in total. The van der Waals surface area contributed by atoms with Gasteiger partial charge in [0.05, 0.1) is 11.2 Å². The quantitative estimate of drug-likeness (QED) is 0.706. The third kappa shape index (κ3) is 3.12. The molecule has 0 aliphatic rings. The number of carbonyl (C=O) groups is 1. The molecule has 23 heavy (non-hydrogen) atoms. The second-order valence-electron chi connectivity index (χ2n) is 4.64. The molecular formula is C14H10BrCl2N5O. The van der Waals surface area contributed by atoms with E-state index < -0.39 is 0 Å². The Balaban J connectivity index is 1.89. The molecule has 3 heterocycles. The number of hydrogen-bond acceptors (Lipinski definition) is 3. The fourth-order valence-electron chi connectivity index (χ4n) is 2.01. The van der Waals surface area contributed by atoms with Gasteiger partial charge >= 0.3 is 0 Å². The summed E-state index contributed by atoms with van der Waals surface area (Å²) in [5, 5.41) is 7.57. The molecule has 3 aromatic heterocycles. The number of aromatic nitrogens is 4. The topological polar surface area (TPSA) is 64.7 Å². The zero-order chi connectivity index (χ0) is 16.6. The second-order valence-corrected chi connectivity index (χ2v) is 6.33. The van der Waals surface area contributed by atoms with Crippen molar-refractivity contribution in [2.45, 2.75) is 0 Å². The van der Waals surface area contributed by atoms with E-state index >= 15 is 0 Å². The van der Waals surface area contributed by atoms with Crippen molar-refractivity contribution in [3.05, 3.63) is 57.0 Å². The van der Waals surface area contributed by atoms with Gasteiger partial charge in [0.15, 0.2) is 5.82 Å². The maximum absolute atomic E-state index is 12.4. The molecule has 0 saturated carbocycles. The first-order chi connectivity index (χ1) is 11.0. The molecule has 6 nitrogen and oxygen atoms in total.